The van der Waals surface area contributed by atoms with Crippen LogP contribution in [0.2, 0.25) is 0 Å². The smallest absolute Gasteiger partial charge is 0.322 e. The van der Waals surface area contributed by atoms with Gasteiger partial charge in [-0.3, -0.25) is 4.79 Å². The van der Waals surface area contributed by atoms with Crippen LogP contribution in [0.3, 0.4) is 0 Å². The van der Waals surface area contributed by atoms with Gasteiger partial charge in [0.2, 0.25) is 0 Å². The van der Waals surface area contributed by atoms with Crippen molar-refractivity contribution in [3.63, 3.8) is 0 Å². The summed E-state index contributed by atoms with van der Waals surface area (Å²) in [6.07, 6.45) is 6.73. The lowest BCUT2D eigenvalue weighted by Gasteiger charge is -2.55. The molecule has 0 spiro atoms. The largest absolute Gasteiger partial charge is 0.346 e. The zero-order chi connectivity index (χ0) is 15.4. The molecule has 0 unspecified atom stereocenters. The van der Waals surface area contributed by atoms with Crippen LogP contribution in [0.4, 0.5) is 4.79 Å². The standard InChI is InChI=1S/C16H23N3O2/c1-5-16(4)13(20)19(14(21)18-16)17-9-10-6-7-11-8-12(10)15(11,2)3/h6,9,11-12H,5,7-8H2,1-4H3,(H,18,21)/b17-9-/t11-,12+,16+/m1/s1. The third-order valence-corrected chi connectivity index (χ3v) is 5.78. The summed E-state index contributed by atoms with van der Waals surface area (Å²) in [5, 5.41) is 7.85. The molecule has 1 aliphatic heterocycles. The first kappa shape index (κ1) is 14.3. The predicted octanol–water partition coefficient (Wildman–Crippen LogP) is 2.69. The minimum atomic E-state index is -0.823. The van der Waals surface area contributed by atoms with E-state index < -0.39 is 11.6 Å². The molecule has 4 rings (SSSR count). The lowest BCUT2D eigenvalue weighted by molar-refractivity contribution is -0.130. The van der Waals surface area contributed by atoms with Gasteiger partial charge in [0.1, 0.15) is 5.54 Å². The summed E-state index contributed by atoms with van der Waals surface area (Å²) < 4.78 is 0. The molecular formula is C16H23N3O2. The summed E-state index contributed by atoms with van der Waals surface area (Å²) in [4.78, 5) is 24.2. The highest BCUT2D eigenvalue weighted by molar-refractivity contribution is 6.07. The number of rotatable bonds is 3. The molecular weight excluding hydrogens is 266 g/mol. The average Bonchev–Trinajstić information content (AvgIpc) is 2.67. The lowest BCUT2D eigenvalue weighted by Crippen LogP contribution is -2.48. The Labute approximate surface area is 125 Å². The topological polar surface area (TPSA) is 61.8 Å². The van der Waals surface area contributed by atoms with Crippen LogP contribution < -0.4 is 5.32 Å². The summed E-state index contributed by atoms with van der Waals surface area (Å²) in [6.45, 7) is 8.19. The fourth-order valence-corrected chi connectivity index (χ4v) is 3.68. The Hall–Kier alpha value is -1.65. The van der Waals surface area contributed by atoms with Gasteiger partial charge in [-0.15, -0.1) is 5.01 Å². The first-order chi connectivity index (χ1) is 9.79. The fraction of sp³-hybridized carbons (Fsp3) is 0.688. The normalized spacial score (nSPS) is 37.5. The molecule has 3 atom stereocenters. The molecule has 1 saturated heterocycles. The van der Waals surface area contributed by atoms with Crippen molar-refractivity contribution < 1.29 is 9.59 Å². The van der Waals surface area contributed by atoms with E-state index in [1.807, 2.05) is 6.92 Å². The van der Waals surface area contributed by atoms with E-state index in [-0.39, 0.29) is 5.91 Å². The number of imide groups is 1. The Balaban J connectivity index is 1.77. The second-order valence-electron chi connectivity index (χ2n) is 7.22. The quantitative estimate of drug-likeness (QED) is 0.641. The zero-order valence-corrected chi connectivity index (χ0v) is 13.1. The van der Waals surface area contributed by atoms with Gasteiger partial charge < -0.3 is 5.32 Å². The van der Waals surface area contributed by atoms with Gasteiger partial charge in [-0.1, -0.05) is 26.8 Å². The van der Waals surface area contributed by atoms with Gasteiger partial charge in [0, 0.05) is 0 Å². The SMILES string of the molecule is CC[C@]1(C)NC(=O)N(/N=C\C2=CC[C@@H]3C[C@@H]2C3(C)C)C1=O. The van der Waals surface area contributed by atoms with Crippen LogP contribution in [-0.4, -0.2) is 28.7 Å². The van der Waals surface area contributed by atoms with Crippen LogP contribution in [0.5, 0.6) is 0 Å². The number of fused-ring (bicyclic) bond motifs is 1. The third kappa shape index (κ3) is 1.93. The Morgan fingerprint density at radius 3 is 2.67 bits per heavy atom. The van der Waals surface area contributed by atoms with Gasteiger partial charge in [-0.25, -0.2) is 4.79 Å². The van der Waals surface area contributed by atoms with E-state index in [0.29, 0.717) is 17.8 Å². The molecule has 3 amide bonds. The number of urea groups is 1. The van der Waals surface area contributed by atoms with Crippen molar-refractivity contribution >= 4 is 18.2 Å². The van der Waals surface area contributed by atoms with Crippen molar-refractivity contribution in [3.8, 4) is 0 Å². The number of nitrogens with one attached hydrogen (secondary N) is 1. The van der Waals surface area contributed by atoms with Crippen LogP contribution in [0.25, 0.3) is 0 Å². The van der Waals surface area contributed by atoms with E-state index in [2.05, 4.69) is 30.3 Å². The van der Waals surface area contributed by atoms with Gasteiger partial charge in [-0.05, 0) is 49.0 Å². The molecule has 1 saturated carbocycles. The van der Waals surface area contributed by atoms with E-state index in [1.165, 1.54) is 6.42 Å². The van der Waals surface area contributed by atoms with E-state index in [9.17, 15) is 9.59 Å². The minimum absolute atomic E-state index is 0.270. The highest BCUT2D eigenvalue weighted by Gasteiger charge is 2.51. The lowest BCUT2D eigenvalue weighted by atomic mass is 9.49. The highest BCUT2D eigenvalue weighted by atomic mass is 16.2. The number of hydrazone groups is 1. The van der Waals surface area contributed by atoms with Crippen LogP contribution >= 0.6 is 0 Å². The molecule has 21 heavy (non-hydrogen) atoms. The second-order valence-corrected chi connectivity index (χ2v) is 7.22. The maximum atomic E-state index is 12.3. The summed E-state index contributed by atoms with van der Waals surface area (Å²) in [5.41, 5.74) is 0.648. The summed E-state index contributed by atoms with van der Waals surface area (Å²) in [6, 6.07) is -0.428. The van der Waals surface area contributed by atoms with Crippen molar-refractivity contribution in [3.05, 3.63) is 11.6 Å². The van der Waals surface area contributed by atoms with Gasteiger partial charge >= 0.3 is 6.03 Å². The van der Waals surface area contributed by atoms with Crippen molar-refractivity contribution in [2.45, 2.75) is 52.5 Å². The number of nitrogens with zero attached hydrogens (tertiary/aromatic N) is 2. The molecule has 0 aromatic rings. The molecule has 5 heteroatoms. The van der Waals surface area contributed by atoms with E-state index >= 15 is 0 Å². The number of allylic oxidation sites excluding steroid dienone is 2. The van der Waals surface area contributed by atoms with E-state index in [0.717, 1.165) is 22.9 Å². The van der Waals surface area contributed by atoms with Gasteiger partial charge in [0.25, 0.3) is 5.91 Å². The molecule has 2 bridgehead atoms. The molecule has 5 nitrogen and oxygen atoms in total. The maximum absolute atomic E-state index is 12.3. The molecule has 0 aromatic heterocycles. The molecule has 114 valence electrons. The van der Waals surface area contributed by atoms with Crippen molar-refractivity contribution in [2.75, 3.05) is 0 Å². The Morgan fingerprint density at radius 1 is 1.43 bits per heavy atom. The van der Waals surface area contributed by atoms with Crippen LogP contribution in [-0.2, 0) is 4.79 Å². The first-order valence-electron chi connectivity index (χ1n) is 7.70. The zero-order valence-electron chi connectivity index (χ0n) is 13.1. The summed E-state index contributed by atoms with van der Waals surface area (Å²) in [5.74, 6) is 0.992. The van der Waals surface area contributed by atoms with E-state index in [4.69, 9.17) is 0 Å². The van der Waals surface area contributed by atoms with Crippen molar-refractivity contribution in [1.29, 1.82) is 0 Å². The number of carbonyl (C=O) groups excluding carboxylic acids is 2. The molecule has 2 fully saturated rings. The monoisotopic (exact) mass is 289 g/mol. The first-order valence-corrected chi connectivity index (χ1v) is 7.70. The Morgan fingerprint density at radius 2 is 2.14 bits per heavy atom. The summed E-state index contributed by atoms with van der Waals surface area (Å²) in [7, 11) is 0. The number of hydrogen-bond acceptors (Lipinski definition) is 3. The average molecular weight is 289 g/mol. The Bertz CT molecular complexity index is 564. The molecule has 0 radical (unpaired) electrons. The molecule has 1 N–H and O–H groups in total. The predicted molar refractivity (Wildman–Crippen MR) is 80.6 cm³/mol. The maximum Gasteiger partial charge on any atom is 0.346 e. The van der Waals surface area contributed by atoms with Gasteiger partial charge in [0.15, 0.2) is 0 Å². The molecule has 0 aromatic carbocycles. The van der Waals surface area contributed by atoms with Gasteiger partial charge in [-0.2, -0.15) is 5.10 Å². The Kier molecular flexibility index (Phi) is 3.01. The van der Waals surface area contributed by atoms with Gasteiger partial charge in [0.05, 0.1) is 6.21 Å². The minimum Gasteiger partial charge on any atom is -0.322 e. The highest BCUT2D eigenvalue weighted by Crippen LogP contribution is 2.58. The molecule has 3 aliphatic carbocycles. The second kappa shape index (κ2) is 4.42. The molecule has 1 heterocycles. The number of amides is 3. The number of hydrogen-bond donors (Lipinski definition) is 1. The van der Waals surface area contributed by atoms with E-state index in [1.54, 1.807) is 13.1 Å². The van der Waals surface area contributed by atoms with Crippen LogP contribution in [0.1, 0.15) is 47.0 Å². The number of carbonyl (C=O) groups is 2. The van der Waals surface area contributed by atoms with Crippen molar-refractivity contribution in [2.24, 2.45) is 22.4 Å². The van der Waals surface area contributed by atoms with Crippen LogP contribution in [0, 0.1) is 17.3 Å². The van der Waals surface area contributed by atoms with Crippen molar-refractivity contribution in [1.82, 2.24) is 10.3 Å². The third-order valence-electron chi connectivity index (χ3n) is 5.78. The summed E-state index contributed by atoms with van der Waals surface area (Å²) >= 11 is 0. The molecule has 4 aliphatic rings. The van der Waals surface area contributed by atoms with Crippen LogP contribution in [0.15, 0.2) is 16.8 Å². The fourth-order valence-electron chi connectivity index (χ4n) is 3.68.